The molecule has 130 valence electrons. The first-order valence-corrected chi connectivity index (χ1v) is 10.4. The van der Waals surface area contributed by atoms with E-state index >= 15 is 0 Å². The number of benzene rings is 1. The predicted molar refractivity (Wildman–Crippen MR) is 87.6 cm³/mol. The molecule has 0 radical (unpaired) electrons. The number of hydrogen-bond donors (Lipinski definition) is 1. The predicted octanol–water partition coefficient (Wildman–Crippen LogP) is 1.18. The molecular formula is C15H18N2O5S2. The highest BCUT2D eigenvalue weighted by Crippen LogP contribution is 2.18. The molecule has 2 heterocycles. The summed E-state index contributed by atoms with van der Waals surface area (Å²) in [7, 11) is -7.59. The molecule has 3 rings (SSSR count). The Morgan fingerprint density at radius 2 is 1.83 bits per heavy atom. The first-order valence-electron chi connectivity index (χ1n) is 7.49. The van der Waals surface area contributed by atoms with Gasteiger partial charge in [0.05, 0.1) is 11.0 Å². The van der Waals surface area contributed by atoms with Crippen LogP contribution in [0.5, 0.6) is 0 Å². The van der Waals surface area contributed by atoms with Crippen molar-refractivity contribution in [1.82, 2.24) is 8.69 Å². The molecule has 1 saturated heterocycles. The van der Waals surface area contributed by atoms with Crippen LogP contribution in [-0.4, -0.2) is 40.1 Å². The molecule has 1 aromatic heterocycles. The highest BCUT2D eigenvalue weighted by atomic mass is 32.2. The third-order valence-corrected chi connectivity index (χ3v) is 6.85. The van der Waals surface area contributed by atoms with Gasteiger partial charge in [0.1, 0.15) is 4.90 Å². The molecule has 1 N–H and O–H groups in total. The van der Waals surface area contributed by atoms with Crippen molar-refractivity contribution in [3.8, 4) is 0 Å². The lowest BCUT2D eigenvalue weighted by Gasteiger charge is -2.10. The van der Waals surface area contributed by atoms with Crippen LogP contribution in [0.1, 0.15) is 12.8 Å². The SMILES string of the molecule is O=S(=O)(NC[C@@H]1CCCO1)c1ccn(S(=O)(=O)c2ccccc2)c1. The Balaban J connectivity index is 1.79. The fraction of sp³-hybridized carbons (Fsp3) is 0.333. The molecule has 1 fully saturated rings. The number of ether oxygens (including phenoxy) is 1. The van der Waals surface area contributed by atoms with Gasteiger partial charge in [-0.2, -0.15) is 0 Å². The van der Waals surface area contributed by atoms with E-state index in [4.69, 9.17) is 4.74 Å². The van der Waals surface area contributed by atoms with Gasteiger partial charge in [0.25, 0.3) is 10.0 Å². The molecule has 2 aromatic rings. The van der Waals surface area contributed by atoms with Crippen molar-refractivity contribution in [3.05, 3.63) is 48.8 Å². The summed E-state index contributed by atoms with van der Waals surface area (Å²) in [6.07, 6.45) is 3.92. The fourth-order valence-electron chi connectivity index (χ4n) is 2.47. The van der Waals surface area contributed by atoms with Gasteiger partial charge in [-0.1, -0.05) is 18.2 Å². The van der Waals surface area contributed by atoms with Gasteiger partial charge in [0.2, 0.25) is 10.0 Å². The fourth-order valence-corrected chi connectivity index (χ4v) is 4.82. The van der Waals surface area contributed by atoms with Gasteiger partial charge < -0.3 is 4.74 Å². The van der Waals surface area contributed by atoms with Gasteiger partial charge in [0.15, 0.2) is 0 Å². The van der Waals surface area contributed by atoms with E-state index in [1.807, 2.05) is 0 Å². The van der Waals surface area contributed by atoms with Crippen molar-refractivity contribution in [2.45, 2.75) is 28.7 Å². The van der Waals surface area contributed by atoms with Gasteiger partial charge >= 0.3 is 0 Å². The Morgan fingerprint density at radius 1 is 1.08 bits per heavy atom. The van der Waals surface area contributed by atoms with Gasteiger partial charge in [-0.25, -0.2) is 25.5 Å². The normalized spacial score (nSPS) is 18.8. The van der Waals surface area contributed by atoms with Crippen LogP contribution in [-0.2, 0) is 24.8 Å². The summed E-state index contributed by atoms with van der Waals surface area (Å²) in [5.41, 5.74) is 0. The van der Waals surface area contributed by atoms with Crippen molar-refractivity contribution in [3.63, 3.8) is 0 Å². The molecule has 1 aliphatic heterocycles. The minimum absolute atomic E-state index is 0.0943. The summed E-state index contributed by atoms with van der Waals surface area (Å²) in [5, 5.41) is 0. The molecule has 9 heteroatoms. The Kier molecular flexibility index (Phi) is 4.77. The minimum Gasteiger partial charge on any atom is -0.377 e. The molecule has 0 amide bonds. The molecule has 0 saturated carbocycles. The monoisotopic (exact) mass is 370 g/mol. The van der Waals surface area contributed by atoms with E-state index < -0.39 is 20.0 Å². The van der Waals surface area contributed by atoms with Crippen LogP contribution in [0.2, 0.25) is 0 Å². The van der Waals surface area contributed by atoms with Crippen molar-refractivity contribution in [2.24, 2.45) is 0 Å². The van der Waals surface area contributed by atoms with Crippen LogP contribution in [0.15, 0.2) is 58.6 Å². The second-order valence-electron chi connectivity index (χ2n) is 5.48. The lowest BCUT2D eigenvalue weighted by Crippen LogP contribution is -2.31. The number of sulfonamides is 1. The number of rotatable bonds is 6. The molecule has 0 spiro atoms. The Hall–Kier alpha value is -1.68. The Morgan fingerprint density at radius 3 is 2.50 bits per heavy atom. The molecule has 0 bridgehead atoms. The van der Waals surface area contributed by atoms with Gasteiger partial charge in [-0.15, -0.1) is 0 Å². The molecule has 0 aliphatic carbocycles. The summed E-state index contributed by atoms with van der Waals surface area (Å²) in [5.74, 6) is 0. The second-order valence-corrected chi connectivity index (χ2v) is 9.09. The molecule has 24 heavy (non-hydrogen) atoms. The Labute approximate surface area is 141 Å². The number of aromatic nitrogens is 1. The van der Waals surface area contributed by atoms with E-state index in [9.17, 15) is 16.8 Å². The zero-order chi connectivity index (χ0) is 17.2. The summed E-state index contributed by atoms with van der Waals surface area (Å²) < 4.78 is 58.3. The smallest absolute Gasteiger partial charge is 0.267 e. The molecule has 1 aliphatic rings. The maximum absolute atomic E-state index is 12.5. The van der Waals surface area contributed by atoms with E-state index in [2.05, 4.69) is 4.72 Å². The molecule has 1 atom stereocenters. The van der Waals surface area contributed by atoms with E-state index in [0.29, 0.717) is 6.61 Å². The van der Waals surface area contributed by atoms with Crippen LogP contribution in [0, 0.1) is 0 Å². The van der Waals surface area contributed by atoms with Crippen molar-refractivity contribution in [2.75, 3.05) is 13.2 Å². The highest BCUT2D eigenvalue weighted by molar-refractivity contribution is 7.90. The quantitative estimate of drug-likeness (QED) is 0.824. The average molecular weight is 370 g/mol. The van der Waals surface area contributed by atoms with E-state index in [-0.39, 0.29) is 22.4 Å². The lowest BCUT2D eigenvalue weighted by atomic mass is 10.2. The van der Waals surface area contributed by atoms with E-state index in [0.717, 1.165) is 23.0 Å². The van der Waals surface area contributed by atoms with Crippen molar-refractivity contribution < 1.29 is 21.6 Å². The first kappa shape index (κ1) is 17.2. The zero-order valence-electron chi connectivity index (χ0n) is 12.8. The molecular weight excluding hydrogens is 352 g/mol. The van der Waals surface area contributed by atoms with Crippen molar-refractivity contribution in [1.29, 1.82) is 0 Å². The third-order valence-electron chi connectivity index (χ3n) is 3.79. The summed E-state index contributed by atoms with van der Waals surface area (Å²) >= 11 is 0. The van der Waals surface area contributed by atoms with Gasteiger partial charge in [-0.05, 0) is 31.0 Å². The van der Waals surface area contributed by atoms with Gasteiger partial charge in [0, 0.05) is 25.5 Å². The number of nitrogens with one attached hydrogen (secondary N) is 1. The van der Waals surface area contributed by atoms with Crippen molar-refractivity contribution >= 4 is 20.0 Å². The van der Waals surface area contributed by atoms with Crippen LogP contribution in [0.25, 0.3) is 0 Å². The van der Waals surface area contributed by atoms with E-state index in [1.54, 1.807) is 18.2 Å². The first-order chi connectivity index (χ1) is 11.4. The summed E-state index contributed by atoms with van der Waals surface area (Å²) in [6, 6.07) is 9.10. The molecule has 7 nitrogen and oxygen atoms in total. The summed E-state index contributed by atoms with van der Waals surface area (Å²) in [4.78, 5) is -0.00290. The topological polar surface area (TPSA) is 94.5 Å². The zero-order valence-corrected chi connectivity index (χ0v) is 14.5. The standard InChI is InChI=1S/C15H18N2O5S2/c18-23(19,16-11-13-5-4-10-22-13)15-8-9-17(12-15)24(20,21)14-6-2-1-3-7-14/h1-3,6-9,12-13,16H,4-5,10-11H2/t13-/m0/s1. The van der Waals surface area contributed by atoms with Crippen LogP contribution in [0.4, 0.5) is 0 Å². The molecule has 0 unspecified atom stereocenters. The molecule has 1 aromatic carbocycles. The second kappa shape index (κ2) is 6.67. The maximum Gasteiger partial charge on any atom is 0.267 e. The Bertz CT molecular complexity index is 898. The lowest BCUT2D eigenvalue weighted by molar-refractivity contribution is 0.114. The average Bonchev–Trinajstić information content (AvgIpc) is 3.26. The van der Waals surface area contributed by atoms with E-state index in [1.165, 1.54) is 24.4 Å². The van der Waals surface area contributed by atoms with Crippen LogP contribution in [0.3, 0.4) is 0 Å². The number of nitrogens with zero attached hydrogens (tertiary/aromatic N) is 1. The third kappa shape index (κ3) is 3.54. The largest absolute Gasteiger partial charge is 0.377 e. The highest BCUT2D eigenvalue weighted by Gasteiger charge is 2.23. The van der Waals surface area contributed by atoms with Crippen LogP contribution >= 0.6 is 0 Å². The summed E-state index contributed by atoms with van der Waals surface area (Å²) in [6.45, 7) is 0.817. The number of hydrogen-bond acceptors (Lipinski definition) is 5. The maximum atomic E-state index is 12.5. The minimum atomic E-state index is -3.81. The van der Waals surface area contributed by atoms with Gasteiger partial charge in [-0.3, -0.25) is 0 Å². The van der Waals surface area contributed by atoms with Crippen LogP contribution < -0.4 is 4.72 Å².